The maximum atomic E-state index is 13.9. The predicted octanol–water partition coefficient (Wildman–Crippen LogP) is 3.96. The van der Waals surface area contributed by atoms with Crippen LogP contribution in [0.1, 0.15) is 58.4 Å². The topological polar surface area (TPSA) is 55.4 Å². The molecule has 0 bridgehead atoms. The minimum absolute atomic E-state index is 0.139. The van der Waals surface area contributed by atoms with Crippen LogP contribution in [0.4, 0.5) is 4.39 Å². The fourth-order valence-electron chi connectivity index (χ4n) is 2.63. The first-order valence-electron chi connectivity index (χ1n) is 8.72. The van der Waals surface area contributed by atoms with Crippen molar-refractivity contribution in [2.45, 2.75) is 58.4 Å². The summed E-state index contributed by atoms with van der Waals surface area (Å²) in [4.78, 5) is 0. The Morgan fingerprint density at radius 3 is 2.58 bits per heavy atom. The van der Waals surface area contributed by atoms with Crippen molar-refractivity contribution in [3.8, 4) is 5.75 Å². The molecule has 0 saturated heterocycles. The lowest BCUT2D eigenvalue weighted by atomic mass is 10.1. The van der Waals surface area contributed by atoms with Gasteiger partial charge in [-0.25, -0.2) is 17.5 Å². The molecule has 1 aliphatic rings. The van der Waals surface area contributed by atoms with Crippen LogP contribution in [0.25, 0.3) is 0 Å². The fraction of sp³-hybridized carbons (Fsp3) is 0.667. The molecule has 1 aliphatic carbocycles. The van der Waals surface area contributed by atoms with E-state index in [-0.39, 0.29) is 11.5 Å². The number of benzene rings is 1. The van der Waals surface area contributed by atoms with E-state index in [1.807, 2.05) is 20.8 Å². The van der Waals surface area contributed by atoms with Crippen molar-refractivity contribution in [3.05, 3.63) is 29.6 Å². The van der Waals surface area contributed by atoms with Crippen LogP contribution in [0.5, 0.6) is 5.75 Å². The lowest BCUT2D eigenvalue weighted by Gasteiger charge is -2.19. The number of unbranched alkanes of at least 4 members (excludes halogenated alkanes) is 2. The van der Waals surface area contributed by atoms with E-state index in [0.717, 1.165) is 31.2 Å². The number of sulfonamides is 1. The van der Waals surface area contributed by atoms with E-state index >= 15 is 0 Å². The number of ether oxygens (including phenoxy) is 1. The molecule has 1 saturated carbocycles. The van der Waals surface area contributed by atoms with Crippen LogP contribution in [0.3, 0.4) is 0 Å². The Kier molecular flexibility index (Phi) is 6.26. The lowest BCUT2D eigenvalue weighted by molar-refractivity contribution is 0.259. The summed E-state index contributed by atoms with van der Waals surface area (Å²) in [7, 11) is -3.33. The molecule has 1 aromatic carbocycles. The zero-order valence-corrected chi connectivity index (χ0v) is 15.6. The molecule has 6 heteroatoms. The number of halogens is 1. The van der Waals surface area contributed by atoms with Crippen LogP contribution in [0, 0.1) is 11.7 Å². The van der Waals surface area contributed by atoms with E-state index < -0.39 is 21.4 Å². The molecule has 2 rings (SSSR count). The minimum Gasteiger partial charge on any atom is -0.490 e. The third kappa shape index (κ3) is 5.18. The van der Waals surface area contributed by atoms with Gasteiger partial charge in [-0.15, -0.1) is 0 Å². The normalized spacial score (nSPS) is 16.4. The monoisotopic (exact) mass is 357 g/mol. The van der Waals surface area contributed by atoms with Crippen molar-refractivity contribution >= 4 is 10.0 Å². The largest absolute Gasteiger partial charge is 0.490 e. The Balaban J connectivity index is 2.11. The first kappa shape index (κ1) is 19.2. The quantitative estimate of drug-likeness (QED) is 0.645. The van der Waals surface area contributed by atoms with Gasteiger partial charge in [0.2, 0.25) is 10.0 Å². The highest BCUT2D eigenvalue weighted by molar-refractivity contribution is 7.89. The van der Waals surface area contributed by atoms with Crippen molar-refractivity contribution in [3.63, 3.8) is 0 Å². The molecule has 136 valence electrons. The molecular formula is C18H28FNO3S. The highest BCUT2D eigenvalue weighted by Crippen LogP contribution is 2.47. The Labute approximate surface area is 144 Å². The Morgan fingerprint density at radius 2 is 2.00 bits per heavy atom. The zero-order valence-electron chi connectivity index (χ0n) is 14.8. The van der Waals surface area contributed by atoms with Gasteiger partial charge >= 0.3 is 0 Å². The maximum absolute atomic E-state index is 13.9. The molecule has 1 N–H and O–H groups in total. The van der Waals surface area contributed by atoms with Crippen LogP contribution in [0.2, 0.25) is 0 Å². The van der Waals surface area contributed by atoms with Crippen LogP contribution < -0.4 is 9.46 Å². The smallest absolute Gasteiger partial charge is 0.212 e. The molecule has 4 nitrogen and oxygen atoms in total. The number of nitrogens with one attached hydrogen (secondary N) is 1. The second-order valence-corrected chi connectivity index (χ2v) is 8.90. The van der Waals surface area contributed by atoms with Gasteiger partial charge < -0.3 is 4.74 Å². The van der Waals surface area contributed by atoms with E-state index in [2.05, 4.69) is 4.72 Å². The Bertz CT molecular complexity index is 654. The summed E-state index contributed by atoms with van der Waals surface area (Å²) < 4.78 is 46.8. The summed E-state index contributed by atoms with van der Waals surface area (Å²) in [6, 6.07) is 4.65. The Hall–Kier alpha value is -1.14. The van der Waals surface area contributed by atoms with Gasteiger partial charge in [-0.3, -0.25) is 0 Å². The van der Waals surface area contributed by atoms with Crippen LogP contribution in [-0.2, 0) is 15.6 Å². The van der Waals surface area contributed by atoms with E-state index in [4.69, 9.17) is 4.74 Å². The maximum Gasteiger partial charge on any atom is 0.212 e. The minimum atomic E-state index is -3.33. The highest BCUT2D eigenvalue weighted by atomic mass is 32.2. The van der Waals surface area contributed by atoms with Gasteiger partial charge in [0, 0.05) is 0 Å². The van der Waals surface area contributed by atoms with Crippen LogP contribution >= 0.6 is 0 Å². The van der Waals surface area contributed by atoms with Gasteiger partial charge in [0.05, 0.1) is 17.9 Å². The summed E-state index contributed by atoms with van der Waals surface area (Å²) in [5.41, 5.74) is 0.191. The van der Waals surface area contributed by atoms with E-state index in [1.165, 1.54) is 6.07 Å². The Morgan fingerprint density at radius 1 is 1.29 bits per heavy atom. The second-order valence-electron chi connectivity index (χ2n) is 7.06. The highest BCUT2D eigenvalue weighted by Gasteiger charge is 2.47. The van der Waals surface area contributed by atoms with E-state index in [9.17, 15) is 12.8 Å². The molecule has 1 aromatic rings. The summed E-state index contributed by atoms with van der Waals surface area (Å²) in [5, 5.41) is 0. The average molecular weight is 357 g/mol. The standard InChI is InChI=1S/C18H28FNO3S/c1-4-5-6-11-24(21,22)20-18(9-10-18)15-7-8-16(19)17(12-15)23-13-14(2)3/h7-8,12,14,20H,4-6,9-11,13H2,1-3H3. The molecule has 0 aliphatic heterocycles. The fourth-order valence-corrected chi connectivity index (χ4v) is 4.24. The van der Waals surface area contributed by atoms with Crippen molar-refractivity contribution in [1.82, 2.24) is 4.72 Å². The first-order valence-corrected chi connectivity index (χ1v) is 10.4. The third-order valence-electron chi connectivity index (χ3n) is 4.17. The van der Waals surface area contributed by atoms with Gasteiger partial charge in [-0.1, -0.05) is 39.7 Å². The van der Waals surface area contributed by atoms with Crippen molar-refractivity contribution in [2.75, 3.05) is 12.4 Å². The predicted molar refractivity (Wildman–Crippen MR) is 94.1 cm³/mol. The molecule has 1 fully saturated rings. The summed E-state index contributed by atoms with van der Waals surface area (Å²) >= 11 is 0. The van der Waals surface area contributed by atoms with Crippen LogP contribution in [0.15, 0.2) is 18.2 Å². The number of hydrogen-bond donors (Lipinski definition) is 1. The molecule has 0 unspecified atom stereocenters. The molecule has 24 heavy (non-hydrogen) atoms. The molecule has 0 spiro atoms. The van der Waals surface area contributed by atoms with Gasteiger partial charge in [0.25, 0.3) is 0 Å². The molecule has 0 amide bonds. The second kappa shape index (κ2) is 7.83. The lowest BCUT2D eigenvalue weighted by Crippen LogP contribution is -2.36. The zero-order chi connectivity index (χ0) is 17.8. The molecule has 0 aromatic heterocycles. The first-order chi connectivity index (χ1) is 11.3. The molecule has 0 radical (unpaired) electrons. The number of rotatable bonds is 10. The van der Waals surface area contributed by atoms with Gasteiger partial charge in [0.1, 0.15) is 0 Å². The molecule has 0 heterocycles. The van der Waals surface area contributed by atoms with E-state index in [0.29, 0.717) is 18.9 Å². The van der Waals surface area contributed by atoms with E-state index in [1.54, 1.807) is 12.1 Å². The third-order valence-corrected chi connectivity index (χ3v) is 5.70. The summed E-state index contributed by atoms with van der Waals surface area (Å²) in [5.74, 6) is 0.208. The van der Waals surface area contributed by atoms with Crippen molar-refractivity contribution in [2.24, 2.45) is 5.92 Å². The van der Waals surface area contributed by atoms with Gasteiger partial charge in [0.15, 0.2) is 11.6 Å². The number of hydrogen-bond acceptors (Lipinski definition) is 3. The van der Waals surface area contributed by atoms with Crippen LogP contribution in [-0.4, -0.2) is 20.8 Å². The van der Waals surface area contributed by atoms with Crippen molar-refractivity contribution < 1.29 is 17.5 Å². The van der Waals surface area contributed by atoms with Gasteiger partial charge in [-0.2, -0.15) is 0 Å². The van der Waals surface area contributed by atoms with Gasteiger partial charge in [-0.05, 0) is 42.9 Å². The SMILES string of the molecule is CCCCCS(=O)(=O)NC1(c2ccc(F)c(OCC(C)C)c2)CC1. The summed E-state index contributed by atoms with van der Waals surface area (Å²) in [6.07, 6.45) is 4.01. The summed E-state index contributed by atoms with van der Waals surface area (Å²) in [6.45, 7) is 6.46. The molecular weight excluding hydrogens is 329 g/mol. The average Bonchev–Trinajstić information content (AvgIpc) is 3.26. The van der Waals surface area contributed by atoms with Crippen molar-refractivity contribution in [1.29, 1.82) is 0 Å². The molecule has 0 atom stereocenters.